The van der Waals surface area contributed by atoms with Gasteiger partial charge in [0.1, 0.15) is 11.6 Å². The second-order valence-corrected chi connectivity index (χ2v) is 8.42. The van der Waals surface area contributed by atoms with Crippen LogP contribution in [-0.2, 0) is 9.59 Å². The minimum Gasteiger partial charge on any atom is -0.367 e. The third-order valence-electron chi connectivity index (χ3n) is 5.35. The minimum atomic E-state index is -0.371. The van der Waals surface area contributed by atoms with E-state index >= 15 is 0 Å². The van der Waals surface area contributed by atoms with E-state index in [1.807, 2.05) is 18.2 Å². The number of anilines is 2. The highest BCUT2D eigenvalue weighted by atomic mass is 35.5. The van der Waals surface area contributed by atoms with Gasteiger partial charge in [-0.25, -0.2) is 4.98 Å². The molecule has 2 atom stereocenters. The van der Waals surface area contributed by atoms with Crippen LogP contribution in [0.5, 0.6) is 0 Å². The molecule has 154 valence electrons. The lowest BCUT2D eigenvalue weighted by atomic mass is 10.0. The van der Waals surface area contributed by atoms with Gasteiger partial charge in [-0.3, -0.25) is 14.9 Å². The summed E-state index contributed by atoms with van der Waals surface area (Å²) in [5, 5.41) is 13.5. The largest absolute Gasteiger partial charge is 0.367 e. The first kappa shape index (κ1) is 18.9. The minimum absolute atomic E-state index is 0.0638. The van der Waals surface area contributed by atoms with E-state index in [4.69, 9.17) is 16.6 Å². The van der Waals surface area contributed by atoms with E-state index in [1.54, 1.807) is 16.8 Å². The summed E-state index contributed by atoms with van der Waals surface area (Å²) in [4.78, 5) is 28.2. The van der Waals surface area contributed by atoms with Gasteiger partial charge >= 0.3 is 0 Å². The molecule has 9 heteroatoms. The number of fused-ring (bicyclic) bond motifs is 1. The Morgan fingerprint density at radius 1 is 1.33 bits per heavy atom. The second kappa shape index (κ2) is 7.28. The average Bonchev–Trinajstić information content (AvgIpc) is 3.34. The Bertz CT molecular complexity index is 1140. The van der Waals surface area contributed by atoms with Crippen molar-refractivity contribution in [2.24, 2.45) is 5.92 Å². The number of carbonyl (C=O) groups excluding carboxylic acids is 2. The molecule has 3 heterocycles. The van der Waals surface area contributed by atoms with Crippen molar-refractivity contribution in [3.63, 3.8) is 0 Å². The third kappa shape index (κ3) is 3.70. The van der Waals surface area contributed by atoms with Crippen molar-refractivity contribution in [3.05, 3.63) is 47.3 Å². The van der Waals surface area contributed by atoms with E-state index in [0.29, 0.717) is 28.6 Å². The molecule has 2 fully saturated rings. The molecule has 2 aliphatic carbocycles. The van der Waals surface area contributed by atoms with E-state index in [2.05, 4.69) is 34.0 Å². The smallest absolute Gasteiger partial charge is 0.254 e. The molecule has 0 aromatic carbocycles. The predicted molar refractivity (Wildman–Crippen MR) is 115 cm³/mol. The standard InChI is InChI=1S/C21H21ClN6O2/c1-11-2-3-15(8-16(11)22)24-17-9-18(25-14-4-5-14)28-20(26-17)13(10-23-28)6-12-7-19(29)27-21(12)30/h2-3,6,8-11,14,16,25H,4-5,7H2,1H3,(H,24,26)(H,27,29,30)/b12-6+. The fraction of sp³-hybridized carbons (Fsp3) is 0.333. The molecule has 2 aromatic heterocycles. The van der Waals surface area contributed by atoms with E-state index in [1.165, 1.54) is 0 Å². The summed E-state index contributed by atoms with van der Waals surface area (Å²) < 4.78 is 1.72. The van der Waals surface area contributed by atoms with Crippen molar-refractivity contribution in [1.82, 2.24) is 19.9 Å². The van der Waals surface area contributed by atoms with Gasteiger partial charge in [-0.05, 0) is 37.0 Å². The fourth-order valence-electron chi connectivity index (χ4n) is 3.47. The van der Waals surface area contributed by atoms with Gasteiger partial charge in [0, 0.05) is 28.9 Å². The van der Waals surface area contributed by atoms with Gasteiger partial charge in [-0.15, -0.1) is 11.6 Å². The maximum Gasteiger partial charge on any atom is 0.254 e. The topological polar surface area (TPSA) is 100 Å². The zero-order valence-electron chi connectivity index (χ0n) is 16.4. The van der Waals surface area contributed by atoms with Crippen molar-refractivity contribution >= 4 is 46.8 Å². The summed E-state index contributed by atoms with van der Waals surface area (Å²) in [5.74, 6) is 1.07. The first-order valence-corrected chi connectivity index (χ1v) is 10.4. The Labute approximate surface area is 178 Å². The molecule has 2 unspecified atom stereocenters. The van der Waals surface area contributed by atoms with Crippen molar-refractivity contribution < 1.29 is 9.59 Å². The maximum atomic E-state index is 12.0. The number of aromatic nitrogens is 3. The van der Waals surface area contributed by atoms with Gasteiger partial charge in [0.15, 0.2) is 5.65 Å². The van der Waals surface area contributed by atoms with Crippen LogP contribution in [0.25, 0.3) is 11.7 Å². The number of nitrogens with one attached hydrogen (secondary N) is 3. The molecule has 1 saturated heterocycles. The fourth-order valence-corrected chi connectivity index (χ4v) is 3.69. The molecule has 2 amide bonds. The highest BCUT2D eigenvalue weighted by molar-refractivity contribution is 6.22. The summed E-state index contributed by atoms with van der Waals surface area (Å²) >= 11 is 6.37. The number of halogens is 1. The van der Waals surface area contributed by atoms with Crippen LogP contribution in [0.3, 0.4) is 0 Å². The van der Waals surface area contributed by atoms with Crippen LogP contribution in [0.4, 0.5) is 11.6 Å². The lowest BCUT2D eigenvalue weighted by molar-refractivity contribution is -0.124. The summed E-state index contributed by atoms with van der Waals surface area (Å²) in [6, 6.07) is 2.34. The summed E-state index contributed by atoms with van der Waals surface area (Å²) in [7, 11) is 0. The second-order valence-electron chi connectivity index (χ2n) is 7.91. The molecule has 1 saturated carbocycles. The summed E-state index contributed by atoms with van der Waals surface area (Å²) in [6.45, 7) is 2.07. The molecular weight excluding hydrogens is 404 g/mol. The van der Waals surface area contributed by atoms with Crippen LogP contribution in [0, 0.1) is 5.92 Å². The Hall–Kier alpha value is -3.13. The number of hydrogen-bond donors (Lipinski definition) is 3. The van der Waals surface area contributed by atoms with Gasteiger partial charge in [-0.1, -0.05) is 13.0 Å². The lowest BCUT2D eigenvalue weighted by Crippen LogP contribution is -2.19. The number of alkyl halides is 1. The molecule has 30 heavy (non-hydrogen) atoms. The van der Waals surface area contributed by atoms with Gasteiger partial charge in [0.05, 0.1) is 18.0 Å². The van der Waals surface area contributed by atoms with Crippen molar-refractivity contribution in [2.45, 2.75) is 37.6 Å². The highest BCUT2D eigenvalue weighted by Gasteiger charge is 2.26. The average molecular weight is 425 g/mol. The Morgan fingerprint density at radius 3 is 2.87 bits per heavy atom. The van der Waals surface area contributed by atoms with Crippen LogP contribution in [0.2, 0.25) is 0 Å². The molecule has 0 radical (unpaired) electrons. The summed E-state index contributed by atoms with van der Waals surface area (Å²) in [6.07, 6.45) is 11.7. The monoisotopic (exact) mass is 424 g/mol. The molecule has 3 N–H and O–H groups in total. The first-order chi connectivity index (χ1) is 14.5. The van der Waals surface area contributed by atoms with E-state index in [9.17, 15) is 9.59 Å². The number of amides is 2. The molecule has 5 rings (SSSR count). The zero-order valence-corrected chi connectivity index (χ0v) is 17.1. The van der Waals surface area contributed by atoms with E-state index in [0.717, 1.165) is 24.4 Å². The summed E-state index contributed by atoms with van der Waals surface area (Å²) in [5.41, 5.74) is 2.56. The quantitative estimate of drug-likeness (QED) is 0.387. The van der Waals surface area contributed by atoms with Gasteiger partial charge in [0.2, 0.25) is 5.91 Å². The lowest BCUT2D eigenvalue weighted by Gasteiger charge is -2.18. The first-order valence-electron chi connectivity index (χ1n) is 9.97. The molecular formula is C21H21ClN6O2. The third-order valence-corrected chi connectivity index (χ3v) is 5.87. The van der Waals surface area contributed by atoms with Crippen LogP contribution in [0.15, 0.2) is 41.8 Å². The molecule has 0 spiro atoms. The Kier molecular flexibility index (Phi) is 4.58. The van der Waals surface area contributed by atoms with Crippen molar-refractivity contribution in [2.75, 3.05) is 10.6 Å². The molecule has 8 nitrogen and oxygen atoms in total. The zero-order chi connectivity index (χ0) is 20.8. The maximum absolute atomic E-state index is 12.0. The van der Waals surface area contributed by atoms with Crippen LogP contribution in [-0.4, -0.2) is 37.8 Å². The van der Waals surface area contributed by atoms with E-state index < -0.39 is 0 Å². The normalized spacial score (nSPS) is 25.0. The number of allylic oxidation sites excluding steroid dienone is 3. The van der Waals surface area contributed by atoms with Crippen molar-refractivity contribution in [3.8, 4) is 0 Å². The van der Waals surface area contributed by atoms with Gasteiger partial charge in [-0.2, -0.15) is 9.61 Å². The SMILES string of the molecule is CC1C=CC(Nc2cc(NC3CC3)n3ncc(/C=C4\CC(=O)NC4=O)c3n2)=CC1Cl. The number of rotatable bonds is 5. The molecule has 3 aliphatic rings. The van der Waals surface area contributed by atoms with Gasteiger partial charge < -0.3 is 10.6 Å². The van der Waals surface area contributed by atoms with Gasteiger partial charge in [0.25, 0.3) is 5.91 Å². The highest BCUT2D eigenvalue weighted by Crippen LogP contribution is 2.29. The Morgan fingerprint density at radius 2 is 2.17 bits per heavy atom. The predicted octanol–water partition coefficient (Wildman–Crippen LogP) is 2.84. The van der Waals surface area contributed by atoms with Crippen LogP contribution in [0.1, 0.15) is 31.7 Å². The van der Waals surface area contributed by atoms with Crippen LogP contribution < -0.4 is 16.0 Å². The molecule has 2 aromatic rings. The molecule has 0 bridgehead atoms. The number of nitrogens with zero attached hydrogens (tertiary/aromatic N) is 3. The number of hydrogen-bond acceptors (Lipinski definition) is 6. The Balaban J connectivity index is 1.54. The van der Waals surface area contributed by atoms with Crippen molar-refractivity contribution in [1.29, 1.82) is 0 Å². The van der Waals surface area contributed by atoms with Crippen LogP contribution >= 0.6 is 11.6 Å². The van der Waals surface area contributed by atoms with E-state index in [-0.39, 0.29) is 29.5 Å². The molecule has 1 aliphatic heterocycles. The number of carbonyl (C=O) groups is 2. The number of imide groups is 1.